The third kappa shape index (κ3) is 3.80. The van der Waals surface area contributed by atoms with E-state index in [0.29, 0.717) is 21.5 Å². The van der Waals surface area contributed by atoms with Gasteiger partial charge in [0.25, 0.3) is 5.56 Å². The van der Waals surface area contributed by atoms with Gasteiger partial charge in [0.15, 0.2) is 5.69 Å². The van der Waals surface area contributed by atoms with Crippen molar-refractivity contribution in [3.63, 3.8) is 0 Å². The van der Waals surface area contributed by atoms with Gasteiger partial charge in [-0.2, -0.15) is 32.0 Å². The molecule has 0 bridgehead atoms. The van der Waals surface area contributed by atoms with Crippen LogP contribution in [0, 0.1) is 0 Å². The second-order valence-corrected chi connectivity index (χ2v) is 6.30. The van der Waals surface area contributed by atoms with Crippen molar-refractivity contribution in [2.45, 2.75) is 31.5 Å². The Bertz CT molecular complexity index is 1150. The fourth-order valence-electron chi connectivity index (χ4n) is 2.51. The quantitative estimate of drug-likeness (QED) is 0.571. The molecule has 3 rings (SSSR count). The number of alkyl halides is 7. The molecule has 3 aromatic heterocycles. The van der Waals surface area contributed by atoms with Gasteiger partial charge in [-0.1, -0.05) is 0 Å². The first kappa shape index (κ1) is 21.5. The minimum atomic E-state index is -5.11. The maximum atomic E-state index is 13.6. The fourth-order valence-corrected chi connectivity index (χ4v) is 2.51. The van der Waals surface area contributed by atoms with Crippen LogP contribution in [0.25, 0.3) is 16.9 Å². The summed E-state index contributed by atoms with van der Waals surface area (Å²) in [5.74, 6) is -9.64. The number of fused-ring (bicyclic) bond motifs is 1. The highest BCUT2D eigenvalue weighted by Crippen LogP contribution is 2.36. The summed E-state index contributed by atoms with van der Waals surface area (Å²) < 4.78 is 99.6. The monoisotopic (exact) mass is 439 g/mol. The van der Waals surface area contributed by atoms with Crippen LogP contribution < -0.4 is 10.3 Å². The second-order valence-electron chi connectivity index (χ2n) is 6.30. The lowest BCUT2D eigenvalue weighted by Gasteiger charge is -2.22. The van der Waals surface area contributed by atoms with Crippen molar-refractivity contribution in [1.29, 1.82) is 0 Å². The summed E-state index contributed by atoms with van der Waals surface area (Å²) in [5.41, 5.74) is -4.37. The molecule has 0 saturated carbocycles. The van der Waals surface area contributed by atoms with Gasteiger partial charge in [0.2, 0.25) is 11.7 Å². The number of ether oxygens (including phenoxy) is 1. The maximum absolute atomic E-state index is 13.6. The Balaban J connectivity index is 2.18. The van der Waals surface area contributed by atoms with Crippen molar-refractivity contribution in [3.05, 3.63) is 40.7 Å². The molecule has 0 unspecified atom stereocenters. The van der Waals surface area contributed by atoms with Gasteiger partial charge in [0, 0.05) is 30.9 Å². The summed E-state index contributed by atoms with van der Waals surface area (Å²) in [7, 11) is 1.21. The summed E-state index contributed by atoms with van der Waals surface area (Å²) in [6.45, 7) is -1.61. The van der Waals surface area contributed by atoms with Crippen LogP contribution in [0.5, 0.6) is 5.88 Å². The predicted molar refractivity (Wildman–Crippen MR) is 87.6 cm³/mol. The van der Waals surface area contributed by atoms with Gasteiger partial charge in [0.1, 0.15) is 6.54 Å². The van der Waals surface area contributed by atoms with E-state index in [0.717, 1.165) is 6.20 Å². The molecule has 0 aromatic carbocycles. The molecule has 30 heavy (non-hydrogen) atoms. The molecule has 0 fully saturated rings. The van der Waals surface area contributed by atoms with E-state index in [4.69, 9.17) is 4.74 Å². The van der Waals surface area contributed by atoms with E-state index in [-0.39, 0.29) is 12.8 Å². The van der Waals surface area contributed by atoms with E-state index in [1.165, 1.54) is 13.2 Å². The van der Waals surface area contributed by atoms with E-state index in [1.807, 2.05) is 0 Å². The van der Waals surface area contributed by atoms with Gasteiger partial charge < -0.3 is 4.74 Å². The molecule has 0 N–H and O–H groups in total. The zero-order valence-corrected chi connectivity index (χ0v) is 15.2. The normalized spacial score (nSPS) is 13.1. The van der Waals surface area contributed by atoms with Gasteiger partial charge in [0.05, 0.1) is 18.9 Å². The van der Waals surface area contributed by atoms with E-state index in [9.17, 15) is 35.5 Å². The Hall–Kier alpha value is -3.19. The summed E-state index contributed by atoms with van der Waals surface area (Å²) in [4.78, 5) is 19.7. The van der Waals surface area contributed by atoms with Crippen molar-refractivity contribution >= 4 is 5.78 Å². The third-order valence-electron chi connectivity index (χ3n) is 4.08. The fraction of sp³-hybridized carbons (Fsp3) is 0.375. The van der Waals surface area contributed by atoms with Crippen LogP contribution in [0.3, 0.4) is 0 Å². The number of methoxy groups -OCH3 is 1. The average Bonchev–Trinajstić information content (AvgIpc) is 3.06. The predicted octanol–water partition coefficient (Wildman–Crippen LogP) is 3.27. The summed E-state index contributed by atoms with van der Waals surface area (Å²) in [6, 6.07) is 1.19. The van der Waals surface area contributed by atoms with Crippen LogP contribution in [-0.2, 0) is 12.7 Å². The van der Waals surface area contributed by atoms with Gasteiger partial charge in [-0.15, -0.1) is 0 Å². The minimum absolute atomic E-state index is 0.0000831. The van der Waals surface area contributed by atoms with Crippen LogP contribution in [0.1, 0.15) is 12.6 Å². The van der Waals surface area contributed by atoms with Crippen molar-refractivity contribution in [2.75, 3.05) is 7.11 Å². The Kier molecular flexibility index (Phi) is 4.99. The highest BCUT2D eigenvalue weighted by molar-refractivity contribution is 5.65. The van der Waals surface area contributed by atoms with Crippen molar-refractivity contribution in [2.24, 2.45) is 0 Å². The molecule has 0 amide bonds. The SMILES string of the molecule is COc1ccn2c(=O)c(-c3cnn(CC(F)(F)C(C)(F)F)c3)c(C(F)(F)F)nc2n1. The molecule has 0 aliphatic carbocycles. The van der Waals surface area contributed by atoms with Gasteiger partial charge >= 0.3 is 18.0 Å². The summed E-state index contributed by atoms with van der Waals surface area (Å²) in [5, 5.41) is 3.39. The average molecular weight is 439 g/mol. The molecule has 0 atom stereocenters. The summed E-state index contributed by atoms with van der Waals surface area (Å²) in [6.07, 6.45) is -2.73. The second kappa shape index (κ2) is 6.95. The number of nitrogens with zero attached hydrogens (tertiary/aromatic N) is 5. The molecule has 3 aromatic rings. The Morgan fingerprint density at radius 1 is 1.10 bits per heavy atom. The molecule has 162 valence electrons. The molecule has 7 nitrogen and oxygen atoms in total. The minimum Gasteiger partial charge on any atom is -0.481 e. The highest BCUT2D eigenvalue weighted by atomic mass is 19.4. The molecule has 0 spiro atoms. The van der Waals surface area contributed by atoms with Gasteiger partial charge in [-0.25, -0.2) is 13.8 Å². The largest absolute Gasteiger partial charge is 0.481 e. The molecular weight excluding hydrogens is 427 g/mol. The molecule has 0 saturated heterocycles. The van der Waals surface area contributed by atoms with Crippen molar-refractivity contribution in [3.8, 4) is 17.0 Å². The lowest BCUT2D eigenvalue weighted by atomic mass is 10.1. The first-order chi connectivity index (χ1) is 13.7. The number of halogens is 7. The molecule has 3 heterocycles. The van der Waals surface area contributed by atoms with Crippen LogP contribution in [0.15, 0.2) is 29.5 Å². The Labute approximate surface area is 162 Å². The molecule has 0 aliphatic heterocycles. The number of hydrogen-bond acceptors (Lipinski definition) is 5. The topological polar surface area (TPSA) is 74.3 Å². The first-order valence-corrected chi connectivity index (χ1v) is 8.07. The van der Waals surface area contributed by atoms with E-state index in [2.05, 4.69) is 15.1 Å². The van der Waals surface area contributed by atoms with Crippen molar-refractivity contribution < 1.29 is 35.5 Å². The van der Waals surface area contributed by atoms with Gasteiger partial charge in [-0.3, -0.25) is 13.9 Å². The van der Waals surface area contributed by atoms with E-state index < -0.39 is 52.7 Å². The zero-order valence-electron chi connectivity index (χ0n) is 15.2. The third-order valence-corrected chi connectivity index (χ3v) is 4.08. The number of aromatic nitrogens is 5. The smallest absolute Gasteiger partial charge is 0.434 e. The molecule has 0 aliphatic rings. The van der Waals surface area contributed by atoms with Crippen LogP contribution >= 0.6 is 0 Å². The van der Waals surface area contributed by atoms with E-state index in [1.54, 1.807) is 0 Å². The Morgan fingerprint density at radius 3 is 2.33 bits per heavy atom. The standard InChI is InChI=1S/C16H12F7N5O2/c1-14(17,18)15(19,20)7-27-6-8(5-24-27)10-11(16(21,22)23)26-13-25-9(30-2)3-4-28(13)12(10)29/h3-6H,7H2,1-2H3. The first-order valence-electron chi connectivity index (χ1n) is 8.07. The van der Waals surface area contributed by atoms with Crippen molar-refractivity contribution in [1.82, 2.24) is 24.1 Å². The zero-order chi connectivity index (χ0) is 22.5. The number of hydrogen-bond donors (Lipinski definition) is 0. The van der Waals surface area contributed by atoms with E-state index >= 15 is 0 Å². The highest BCUT2D eigenvalue weighted by Gasteiger charge is 2.52. The molecule has 0 radical (unpaired) electrons. The lowest BCUT2D eigenvalue weighted by molar-refractivity contribution is -0.205. The summed E-state index contributed by atoms with van der Waals surface area (Å²) >= 11 is 0. The van der Waals surface area contributed by atoms with Crippen LogP contribution in [-0.4, -0.2) is 43.1 Å². The number of rotatable bonds is 5. The maximum Gasteiger partial charge on any atom is 0.434 e. The Morgan fingerprint density at radius 2 is 1.77 bits per heavy atom. The molecule has 14 heteroatoms. The van der Waals surface area contributed by atoms with Gasteiger partial charge in [-0.05, 0) is 0 Å². The molecular formula is C16H12F7N5O2. The lowest BCUT2D eigenvalue weighted by Crippen LogP contribution is -2.41. The van der Waals surface area contributed by atoms with Crippen LogP contribution in [0.2, 0.25) is 0 Å². The van der Waals surface area contributed by atoms with Crippen LogP contribution in [0.4, 0.5) is 30.7 Å².